The normalized spacial score (nSPS) is 12.8. The van der Waals surface area contributed by atoms with Crippen molar-refractivity contribution in [3.63, 3.8) is 0 Å². The summed E-state index contributed by atoms with van der Waals surface area (Å²) in [5, 5.41) is 5.81. The molecule has 32 heavy (non-hydrogen) atoms. The van der Waals surface area contributed by atoms with Crippen molar-refractivity contribution in [3.05, 3.63) is 114 Å². The molecule has 0 fully saturated rings. The third-order valence-electron chi connectivity index (χ3n) is 6.36. The smallest absolute Gasteiger partial charge is 0.0620 e. The number of benzene rings is 3. The van der Waals surface area contributed by atoms with Crippen LogP contribution in [-0.4, -0.2) is 11.4 Å². The van der Waals surface area contributed by atoms with Crippen molar-refractivity contribution in [1.29, 1.82) is 0 Å². The maximum absolute atomic E-state index is 4.44. The molecule has 0 saturated carbocycles. The third-order valence-corrected chi connectivity index (χ3v) is 6.36. The summed E-state index contributed by atoms with van der Waals surface area (Å²) in [7, 11) is 2.06. The van der Waals surface area contributed by atoms with Gasteiger partial charge in [-0.15, -0.1) is 0 Å². The van der Waals surface area contributed by atoms with Crippen LogP contribution in [0.15, 0.2) is 97.7 Å². The van der Waals surface area contributed by atoms with Gasteiger partial charge in [-0.3, -0.25) is 0 Å². The fourth-order valence-electron chi connectivity index (χ4n) is 4.71. The molecule has 2 aromatic heterocycles. The zero-order valence-corrected chi connectivity index (χ0v) is 18.6. The van der Waals surface area contributed by atoms with Gasteiger partial charge in [0.15, 0.2) is 0 Å². The first-order valence-electron chi connectivity index (χ1n) is 10.8. The molecule has 0 atom stereocenters. The summed E-state index contributed by atoms with van der Waals surface area (Å²) in [6.07, 6.45) is 6.01. The van der Waals surface area contributed by atoms with Crippen LogP contribution in [0.1, 0.15) is 12.5 Å². The fourth-order valence-corrected chi connectivity index (χ4v) is 4.71. The molecule has 2 heterocycles. The first-order chi connectivity index (χ1) is 15.5. The Morgan fingerprint density at radius 1 is 0.906 bits per heavy atom. The van der Waals surface area contributed by atoms with E-state index in [0.717, 1.165) is 27.5 Å². The van der Waals surface area contributed by atoms with E-state index in [1.807, 2.05) is 12.2 Å². The monoisotopic (exact) mass is 414 g/mol. The molecule has 0 N–H and O–H groups in total. The van der Waals surface area contributed by atoms with E-state index in [-0.39, 0.29) is 0 Å². The number of para-hydroxylation sites is 3. The highest BCUT2D eigenvalue weighted by Gasteiger charge is 2.15. The molecule has 0 aliphatic rings. The molecule has 0 aliphatic heterocycles. The van der Waals surface area contributed by atoms with Crippen LogP contribution >= 0.6 is 0 Å². The molecule has 0 aliphatic carbocycles. The van der Waals surface area contributed by atoms with Gasteiger partial charge in [0.2, 0.25) is 0 Å². The Morgan fingerprint density at radius 2 is 1.59 bits per heavy atom. The van der Waals surface area contributed by atoms with Crippen molar-refractivity contribution in [1.82, 2.24) is 4.40 Å². The van der Waals surface area contributed by atoms with E-state index in [0.29, 0.717) is 0 Å². The van der Waals surface area contributed by atoms with Crippen LogP contribution in [0.3, 0.4) is 0 Å². The molecular weight excluding hydrogens is 388 g/mol. The van der Waals surface area contributed by atoms with Gasteiger partial charge in [-0.25, -0.2) is 0 Å². The summed E-state index contributed by atoms with van der Waals surface area (Å²) in [6, 6.07) is 23.4. The van der Waals surface area contributed by atoms with Crippen molar-refractivity contribution in [3.8, 4) is 0 Å². The second-order valence-corrected chi connectivity index (χ2v) is 8.22. The SMILES string of the molecule is C=C/C=C(\C)c1ccccc1N(C)C(=C)/C=c1\c(=C)c2cccc3c4ccccc4n1c23. The van der Waals surface area contributed by atoms with Crippen LogP contribution in [-0.2, 0) is 0 Å². The number of rotatable bonds is 5. The number of allylic oxidation sites excluding steroid dienone is 4. The quantitative estimate of drug-likeness (QED) is 0.315. The summed E-state index contributed by atoms with van der Waals surface area (Å²) < 4.78 is 2.33. The molecule has 5 rings (SSSR count). The second kappa shape index (κ2) is 7.58. The average molecular weight is 415 g/mol. The zero-order valence-electron chi connectivity index (χ0n) is 18.6. The van der Waals surface area contributed by atoms with Gasteiger partial charge in [-0.1, -0.05) is 86.5 Å². The summed E-state index contributed by atoms with van der Waals surface area (Å²) in [4.78, 5) is 2.14. The molecule has 3 aromatic carbocycles. The number of hydrogen-bond acceptors (Lipinski definition) is 1. The first kappa shape index (κ1) is 19.9. The van der Waals surface area contributed by atoms with Crippen molar-refractivity contribution in [2.45, 2.75) is 6.92 Å². The first-order valence-corrected chi connectivity index (χ1v) is 10.8. The topological polar surface area (TPSA) is 7.65 Å². The Balaban J connectivity index is 1.73. The van der Waals surface area contributed by atoms with Gasteiger partial charge in [0, 0.05) is 45.4 Å². The van der Waals surface area contributed by atoms with E-state index >= 15 is 0 Å². The van der Waals surface area contributed by atoms with E-state index in [9.17, 15) is 0 Å². The van der Waals surface area contributed by atoms with Crippen molar-refractivity contribution in [2.24, 2.45) is 0 Å². The minimum atomic E-state index is 0.902. The van der Waals surface area contributed by atoms with Crippen LogP contribution in [0.4, 0.5) is 5.69 Å². The Labute approximate surface area is 188 Å². The van der Waals surface area contributed by atoms with Gasteiger partial charge in [-0.2, -0.15) is 0 Å². The highest BCUT2D eigenvalue weighted by atomic mass is 15.1. The van der Waals surface area contributed by atoms with Gasteiger partial charge < -0.3 is 9.30 Å². The van der Waals surface area contributed by atoms with Gasteiger partial charge in [0.05, 0.1) is 16.4 Å². The summed E-state index contributed by atoms with van der Waals surface area (Å²) in [6.45, 7) is 14.8. The minimum absolute atomic E-state index is 0.902. The molecule has 0 saturated heterocycles. The van der Waals surface area contributed by atoms with Crippen molar-refractivity contribution in [2.75, 3.05) is 11.9 Å². The molecule has 0 radical (unpaired) electrons. The van der Waals surface area contributed by atoms with E-state index < -0.39 is 0 Å². The van der Waals surface area contributed by atoms with Gasteiger partial charge >= 0.3 is 0 Å². The Bertz CT molecular complexity index is 1650. The molecular formula is C30H26N2. The third kappa shape index (κ3) is 2.88. The summed E-state index contributed by atoms with van der Waals surface area (Å²) in [5.74, 6) is 0. The van der Waals surface area contributed by atoms with E-state index in [4.69, 9.17) is 0 Å². The standard InChI is InChI=1S/C30H26N2/c1-6-12-20(2)23-13-7-9-17-27(23)31(5)21(3)19-29-22(4)24-15-11-16-26-25-14-8-10-18-28(25)32(29)30(24)26/h6-19H,1,3-4H2,2,5H3/b20-12+,29-19+. The molecule has 5 aromatic rings. The van der Waals surface area contributed by atoms with Crippen LogP contribution < -0.4 is 15.5 Å². The molecule has 0 amide bonds. The molecule has 2 nitrogen and oxygen atoms in total. The molecule has 156 valence electrons. The van der Waals surface area contributed by atoms with Gasteiger partial charge in [0.1, 0.15) is 0 Å². The van der Waals surface area contributed by atoms with Crippen LogP contribution in [0.25, 0.3) is 45.4 Å². The molecule has 2 heteroatoms. The number of anilines is 1. The molecule has 0 unspecified atom stereocenters. The van der Waals surface area contributed by atoms with Crippen molar-refractivity contribution < 1.29 is 0 Å². The zero-order chi connectivity index (χ0) is 22.4. The van der Waals surface area contributed by atoms with Crippen LogP contribution in [0.2, 0.25) is 0 Å². The average Bonchev–Trinajstić information content (AvgIpc) is 3.30. The summed E-state index contributed by atoms with van der Waals surface area (Å²) in [5.41, 5.74) is 6.76. The number of nitrogens with zero attached hydrogens (tertiary/aromatic N) is 2. The lowest BCUT2D eigenvalue weighted by Crippen LogP contribution is -2.27. The minimum Gasteiger partial charge on any atom is -0.345 e. The Morgan fingerprint density at radius 3 is 2.41 bits per heavy atom. The lowest BCUT2D eigenvalue weighted by atomic mass is 10.0. The Hall–Kier alpha value is -4.04. The lowest BCUT2D eigenvalue weighted by Gasteiger charge is -2.23. The van der Waals surface area contributed by atoms with E-state index in [2.05, 4.69) is 116 Å². The Kier molecular flexibility index (Phi) is 4.71. The maximum Gasteiger partial charge on any atom is 0.0620 e. The van der Waals surface area contributed by atoms with Crippen LogP contribution in [0, 0.1) is 0 Å². The number of aromatic nitrogens is 1. The van der Waals surface area contributed by atoms with Gasteiger partial charge in [0.25, 0.3) is 0 Å². The van der Waals surface area contributed by atoms with Crippen LogP contribution in [0.5, 0.6) is 0 Å². The second-order valence-electron chi connectivity index (χ2n) is 8.22. The number of hydrogen-bond donors (Lipinski definition) is 0. The van der Waals surface area contributed by atoms with Crippen molar-refractivity contribution >= 4 is 51.1 Å². The largest absolute Gasteiger partial charge is 0.345 e. The van der Waals surface area contributed by atoms with E-state index in [1.54, 1.807) is 0 Å². The molecule has 0 spiro atoms. The maximum atomic E-state index is 4.44. The number of fused-ring (bicyclic) bond motifs is 3. The van der Waals surface area contributed by atoms with E-state index in [1.165, 1.54) is 32.8 Å². The highest BCUT2D eigenvalue weighted by molar-refractivity contribution is 6.14. The summed E-state index contributed by atoms with van der Waals surface area (Å²) >= 11 is 0. The highest BCUT2D eigenvalue weighted by Crippen LogP contribution is 2.30. The predicted octanol–water partition coefficient (Wildman–Crippen LogP) is 6.11. The fraction of sp³-hybridized carbons (Fsp3) is 0.0667. The van der Waals surface area contributed by atoms with Gasteiger partial charge in [-0.05, 0) is 30.7 Å². The predicted molar refractivity (Wildman–Crippen MR) is 141 cm³/mol. The lowest BCUT2D eigenvalue weighted by molar-refractivity contribution is 1.14. The molecule has 0 bridgehead atoms.